The number of anilines is 1. The van der Waals surface area contributed by atoms with Crippen molar-refractivity contribution in [1.82, 2.24) is 0 Å². The Kier molecular flexibility index (Phi) is 3.41. The average molecular weight is 250 g/mol. The van der Waals surface area contributed by atoms with Gasteiger partial charge in [-0.3, -0.25) is 10.1 Å². The van der Waals surface area contributed by atoms with Gasteiger partial charge in [0, 0.05) is 23.9 Å². The Balaban J connectivity index is 2.21. The van der Waals surface area contributed by atoms with Gasteiger partial charge in [-0.1, -0.05) is 6.92 Å². The Morgan fingerprint density at radius 3 is 2.61 bits per heavy atom. The lowest BCUT2D eigenvalue weighted by atomic mass is 10.2. The van der Waals surface area contributed by atoms with Gasteiger partial charge in [-0.15, -0.1) is 0 Å². The van der Waals surface area contributed by atoms with Crippen molar-refractivity contribution in [2.75, 3.05) is 5.32 Å². The van der Waals surface area contributed by atoms with Gasteiger partial charge in [0.05, 0.1) is 17.1 Å². The molecule has 98 valence electrons. The van der Waals surface area contributed by atoms with Crippen LogP contribution in [0.4, 0.5) is 11.4 Å². The number of rotatable bonds is 5. The maximum Gasteiger partial charge on any atom is 0.275 e. The van der Waals surface area contributed by atoms with Crippen LogP contribution in [0.2, 0.25) is 0 Å². The Morgan fingerprint density at radius 1 is 1.44 bits per heavy atom. The monoisotopic (exact) mass is 250 g/mol. The predicted octanol–water partition coefficient (Wildman–Crippen LogP) is 3.20. The van der Waals surface area contributed by atoms with Crippen molar-refractivity contribution < 1.29 is 9.66 Å². The van der Waals surface area contributed by atoms with E-state index in [1.54, 1.807) is 6.07 Å². The smallest absolute Gasteiger partial charge is 0.275 e. The van der Waals surface area contributed by atoms with E-state index >= 15 is 0 Å². The topological polar surface area (TPSA) is 64.4 Å². The normalized spacial score (nSPS) is 21.8. The highest BCUT2D eigenvalue weighted by molar-refractivity contribution is 5.57. The van der Waals surface area contributed by atoms with Gasteiger partial charge in [-0.05, 0) is 26.2 Å². The van der Waals surface area contributed by atoms with E-state index in [1.165, 1.54) is 6.07 Å². The van der Waals surface area contributed by atoms with Crippen LogP contribution in [0.1, 0.15) is 27.2 Å². The lowest BCUT2D eigenvalue weighted by Gasteiger charge is -2.12. The van der Waals surface area contributed by atoms with Crippen molar-refractivity contribution >= 4 is 11.4 Å². The first-order chi connectivity index (χ1) is 8.45. The molecule has 1 N–H and O–H groups in total. The van der Waals surface area contributed by atoms with Gasteiger partial charge in [-0.25, -0.2) is 0 Å². The predicted molar refractivity (Wildman–Crippen MR) is 70.1 cm³/mol. The minimum atomic E-state index is -0.394. The second kappa shape index (κ2) is 4.84. The van der Waals surface area contributed by atoms with Gasteiger partial charge in [0.2, 0.25) is 0 Å². The summed E-state index contributed by atoms with van der Waals surface area (Å²) in [5, 5.41) is 14.2. The van der Waals surface area contributed by atoms with Crippen LogP contribution in [0.25, 0.3) is 0 Å². The molecule has 0 amide bonds. The third kappa shape index (κ3) is 3.12. The molecule has 18 heavy (non-hydrogen) atoms. The van der Waals surface area contributed by atoms with Crippen molar-refractivity contribution in [1.29, 1.82) is 0 Å². The van der Waals surface area contributed by atoms with Crippen LogP contribution < -0.4 is 10.1 Å². The van der Waals surface area contributed by atoms with Gasteiger partial charge < -0.3 is 10.1 Å². The number of benzene rings is 1. The highest BCUT2D eigenvalue weighted by Crippen LogP contribution is 2.35. The molecule has 0 bridgehead atoms. The van der Waals surface area contributed by atoms with Crippen molar-refractivity contribution in [2.24, 2.45) is 5.92 Å². The Morgan fingerprint density at radius 2 is 2.11 bits per heavy atom. The standard InChI is InChI=1S/C13H18N2O3/c1-8(2)18-12-6-10(14-13-4-9(13)3)5-11(7-12)15(16)17/h5-9,13-14H,4H2,1-3H3. The highest BCUT2D eigenvalue weighted by atomic mass is 16.6. The molecule has 1 fully saturated rings. The molecule has 0 saturated heterocycles. The third-order valence-corrected chi connectivity index (χ3v) is 2.94. The molecule has 1 aliphatic rings. The van der Waals surface area contributed by atoms with Gasteiger partial charge in [-0.2, -0.15) is 0 Å². The van der Waals surface area contributed by atoms with E-state index < -0.39 is 4.92 Å². The summed E-state index contributed by atoms with van der Waals surface area (Å²) in [5.41, 5.74) is 0.818. The largest absolute Gasteiger partial charge is 0.491 e. The number of nitrogens with zero attached hydrogens (tertiary/aromatic N) is 1. The Hall–Kier alpha value is -1.78. The van der Waals surface area contributed by atoms with Crippen molar-refractivity contribution in [3.05, 3.63) is 28.3 Å². The average Bonchev–Trinajstić information content (AvgIpc) is 2.92. The highest BCUT2D eigenvalue weighted by Gasteiger charge is 2.32. The van der Waals surface area contributed by atoms with E-state index in [1.807, 2.05) is 19.9 Å². The zero-order valence-electron chi connectivity index (χ0n) is 10.8. The fourth-order valence-electron chi connectivity index (χ4n) is 1.85. The van der Waals surface area contributed by atoms with E-state index in [0.717, 1.165) is 12.1 Å². The van der Waals surface area contributed by atoms with Gasteiger partial charge in [0.1, 0.15) is 5.75 Å². The molecule has 1 aromatic carbocycles. The van der Waals surface area contributed by atoms with E-state index in [9.17, 15) is 10.1 Å². The van der Waals surface area contributed by atoms with Crippen molar-refractivity contribution in [3.8, 4) is 5.75 Å². The zero-order chi connectivity index (χ0) is 13.3. The molecule has 0 aromatic heterocycles. The summed E-state index contributed by atoms with van der Waals surface area (Å²) in [6.07, 6.45) is 1.11. The number of hydrogen-bond donors (Lipinski definition) is 1. The van der Waals surface area contributed by atoms with Crippen LogP contribution >= 0.6 is 0 Å². The maximum atomic E-state index is 10.9. The first-order valence-corrected chi connectivity index (χ1v) is 6.18. The van der Waals surface area contributed by atoms with Crippen LogP contribution in [-0.2, 0) is 0 Å². The Bertz CT molecular complexity index is 460. The van der Waals surface area contributed by atoms with Crippen LogP contribution in [0, 0.1) is 16.0 Å². The van der Waals surface area contributed by atoms with Crippen LogP contribution in [0.5, 0.6) is 5.75 Å². The van der Waals surface area contributed by atoms with Crippen molar-refractivity contribution in [2.45, 2.75) is 39.3 Å². The summed E-state index contributed by atoms with van der Waals surface area (Å²) in [6, 6.07) is 5.26. The zero-order valence-corrected chi connectivity index (χ0v) is 10.8. The molecule has 1 aliphatic carbocycles. The number of nitro groups is 1. The molecule has 5 heteroatoms. The molecule has 0 spiro atoms. The molecule has 0 radical (unpaired) electrons. The van der Waals surface area contributed by atoms with Crippen LogP contribution in [0.15, 0.2) is 18.2 Å². The fourth-order valence-corrected chi connectivity index (χ4v) is 1.85. The molecule has 1 saturated carbocycles. The molecule has 5 nitrogen and oxygen atoms in total. The number of ether oxygens (including phenoxy) is 1. The molecule has 1 aromatic rings. The lowest BCUT2D eigenvalue weighted by molar-refractivity contribution is -0.384. The molecule has 2 atom stereocenters. The molecule has 0 heterocycles. The number of nitrogens with one attached hydrogen (secondary N) is 1. The third-order valence-electron chi connectivity index (χ3n) is 2.94. The number of hydrogen-bond acceptors (Lipinski definition) is 4. The summed E-state index contributed by atoms with van der Waals surface area (Å²) in [6.45, 7) is 5.95. The lowest BCUT2D eigenvalue weighted by Crippen LogP contribution is -2.08. The van der Waals surface area contributed by atoms with Gasteiger partial charge >= 0.3 is 0 Å². The summed E-state index contributed by atoms with van der Waals surface area (Å²) >= 11 is 0. The maximum absolute atomic E-state index is 10.9. The summed E-state index contributed by atoms with van der Waals surface area (Å²) in [4.78, 5) is 10.5. The van der Waals surface area contributed by atoms with Gasteiger partial charge in [0.25, 0.3) is 5.69 Å². The van der Waals surface area contributed by atoms with E-state index in [-0.39, 0.29) is 11.8 Å². The Labute approximate surface area is 106 Å². The second-order valence-corrected chi connectivity index (χ2v) is 5.10. The summed E-state index contributed by atoms with van der Waals surface area (Å²) < 4.78 is 5.53. The minimum Gasteiger partial charge on any atom is -0.491 e. The molecule has 2 rings (SSSR count). The SMILES string of the molecule is CC(C)Oc1cc(NC2CC2C)cc([N+](=O)[O-])c1. The van der Waals surface area contributed by atoms with Crippen LogP contribution in [0.3, 0.4) is 0 Å². The first-order valence-electron chi connectivity index (χ1n) is 6.18. The number of nitro benzene ring substituents is 1. The summed E-state index contributed by atoms with van der Waals surface area (Å²) in [5.74, 6) is 1.17. The molecular formula is C13H18N2O3. The number of non-ortho nitro benzene ring substituents is 1. The van der Waals surface area contributed by atoms with E-state index in [0.29, 0.717) is 17.7 Å². The van der Waals surface area contributed by atoms with Gasteiger partial charge in [0.15, 0.2) is 0 Å². The minimum absolute atomic E-state index is 0.000275. The first kappa shape index (κ1) is 12.7. The molecular weight excluding hydrogens is 232 g/mol. The van der Waals surface area contributed by atoms with Crippen LogP contribution in [-0.4, -0.2) is 17.1 Å². The van der Waals surface area contributed by atoms with E-state index in [4.69, 9.17) is 4.74 Å². The molecule has 2 unspecified atom stereocenters. The molecule has 0 aliphatic heterocycles. The van der Waals surface area contributed by atoms with Crippen molar-refractivity contribution in [3.63, 3.8) is 0 Å². The summed E-state index contributed by atoms with van der Waals surface area (Å²) in [7, 11) is 0. The fraction of sp³-hybridized carbons (Fsp3) is 0.538. The second-order valence-electron chi connectivity index (χ2n) is 5.10. The quantitative estimate of drug-likeness (QED) is 0.643. The van der Waals surface area contributed by atoms with E-state index in [2.05, 4.69) is 12.2 Å².